The number of benzene rings is 2. The minimum Gasteiger partial charge on any atom is -0.267 e. The van der Waals surface area contributed by atoms with E-state index in [1.54, 1.807) is 24.3 Å². The van der Waals surface area contributed by atoms with Gasteiger partial charge in [0.05, 0.1) is 10.6 Å². The molecule has 0 unspecified atom stereocenters. The van der Waals surface area contributed by atoms with Gasteiger partial charge in [0.1, 0.15) is 0 Å². The number of amides is 2. The molecule has 4 nitrogen and oxygen atoms in total. The summed E-state index contributed by atoms with van der Waals surface area (Å²) in [5.74, 6) is -0.921. The van der Waals surface area contributed by atoms with Crippen LogP contribution in [0.4, 0.5) is 0 Å². The molecule has 0 saturated heterocycles. The average Bonchev–Trinajstić information content (AvgIpc) is 2.44. The summed E-state index contributed by atoms with van der Waals surface area (Å²) in [5, 5.41) is 0.644. The maximum atomic E-state index is 11.9. The normalized spacial score (nSPS) is 10.0. The van der Waals surface area contributed by atoms with Crippen LogP contribution in [0, 0.1) is 6.92 Å². The summed E-state index contributed by atoms with van der Waals surface area (Å²) in [7, 11) is 0. The van der Waals surface area contributed by atoms with Crippen molar-refractivity contribution < 1.29 is 9.59 Å². The highest BCUT2D eigenvalue weighted by atomic mass is 35.5. The Kier molecular flexibility index (Phi) is 4.83. The molecular weight excluding hydrogens is 311 g/mol. The van der Waals surface area contributed by atoms with E-state index in [0.717, 1.165) is 5.56 Å². The quantitative estimate of drug-likeness (QED) is 0.833. The maximum Gasteiger partial charge on any atom is 0.271 e. The van der Waals surface area contributed by atoms with Crippen LogP contribution in [0.1, 0.15) is 26.3 Å². The van der Waals surface area contributed by atoms with Crippen molar-refractivity contribution in [3.63, 3.8) is 0 Å². The molecule has 0 heterocycles. The number of halogens is 2. The number of carbonyl (C=O) groups excluding carboxylic acids is 2. The molecule has 21 heavy (non-hydrogen) atoms. The molecule has 2 aromatic rings. The molecule has 0 aromatic heterocycles. The van der Waals surface area contributed by atoms with Crippen molar-refractivity contribution in [1.29, 1.82) is 0 Å². The molecule has 0 spiro atoms. The Hall–Kier alpha value is -2.04. The molecule has 0 bridgehead atoms. The molecular formula is C15H12Cl2N2O2. The molecule has 2 aromatic carbocycles. The first-order chi connectivity index (χ1) is 9.97. The van der Waals surface area contributed by atoms with Crippen molar-refractivity contribution >= 4 is 35.0 Å². The first-order valence-electron chi connectivity index (χ1n) is 6.10. The molecule has 108 valence electrons. The van der Waals surface area contributed by atoms with Crippen LogP contribution in [0.25, 0.3) is 0 Å². The van der Waals surface area contributed by atoms with Crippen LogP contribution in [0.5, 0.6) is 0 Å². The van der Waals surface area contributed by atoms with Crippen molar-refractivity contribution in [3.05, 3.63) is 69.2 Å². The molecule has 2 amide bonds. The Morgan fingerprint density at radius 3 is 2.33 bits per heavy atom. The Labute approximate surface area is 132 Å². The summed E-state index contributed by atoms with van der Waals surface area (Å²) in [5.41, 5.74) is 6.28. The van der Waals surface area contributed by atoms with E-state index in [0.29, 0.717) is 10.6 Å². The topological polar surface area (TPSA) is 58.2 Å². The third kappa shape index (κ3) is 3.97. The fourth-order valence-electron chi connectivity index (χ4n) is 1.71. The smallest absolute Gasteiger partial charge is 0.267 e. The van der Waals surface area contributed by atoms with E-state index in [9.17, 15) is 9.59 Å². The zero-order valence-electron chi connectivity index (χ0n) is 11.1. The number of carbonyl (C=O) groups is 2. The molecule has 0 fully saturated rings. The zero-order chi connectivity index (χ0) is 15.4. The number of hydrazine groups is 1. The number of hydrogen-bond acceptors (Lipinski definition) is 2. The molecule has 2 rings (SSSR count). The third-order valence-electron chi connectivity index (χ3n) is 2.75. The Balaban J connectivity index is 2.02. The van der Waals surface area contributed by atoms with Crippen LogP contribution in [0.15, 0.2) is 42.5 Å². The van der Waals surface area contributed by atoms with E-state index in [2.05, 4.69) is 10.9 Å². The highest BCUT2D eigenvalue weighted by Gasteiger charge is 2.12. The van der Waals surface area contributed by atoms with Gasteiger partial charge < -0.3 is 0 Å². The largest absolute Gasteiger partial charge is 0.271 e. The third-order valence-corrected chi connectivity index (χ3v) is 3.29. The van der Waals surface area contributed by atoms with Gasteiger partial charge in [-0.1, -0.05) is 40.9 Å². The Bertz CT molecular complexity index is 702. The fraction of sp³-hybridized carbons (Fsp3) is 0.0667. The summed E-state index contributed by atoms with van der Waals surface area (Å²) in [4.78, 5) is 23.8. The number of rotatable bonds is 2. The van der Waals surface area contributed by atoms with Gasteiger partial charge in [-0.2, -0.15) is 0 Å². The molecule has 0 saturated carbocycles. The van der Waals surface area contributed by atoms with Crippen LogP contribution < -0.4 is 10.9 Å². The monoisotopic (exact) mass is 322 g/mol. The van der Waals surface area contributed by atoms with Crippen LogP contribution in [-0.2, 0) is 0 Å². The lowest BCUT2D eigenvalue weighted by molar-refractivity contribution is 0.0846. The molecule has 0 radical (unpaired) electrons. The van der Waals surface area contributed by atoms with Gasteiger partial charge in [0.15, 0.2) is 0 Å². The second-order valence-corrected chi connectivity index (χ2v) is 5.25. The minimum atomic E-state index is -0.516. The number of aryl methyl sites for hydroxylation is 1. The summed E-state index contributed by atoms with van der Waals surface area (Å²) >= 11 is 11.7. The SMILES string of the molecule is Cc1cccc(C(=O)NNC(=O)c2ccc(Cl)cc2Cl)c1. The lowest BCUT2D eigenvalue weighted by Crippen LogP contribution is -2.41. The average molecular weight is 323 g/mol. The lowest BCUT2D eigenvalue weighted by atomic mass is 10.1. The van der Waals surface area contributed by atoms with E-state index < -0.39 is 11.8 Å². The summed E-state index contributed by atoms with van der Waals surface area (Å²) in [6, 6.07) is 11.5. The van der Waals surface area contributed by atoms with E-state index in [4.69, 9.17) is 23.2 Å². The van der Waals surface area contributed by atoms with Gasteiger partial charge in [-0.15, -0.1) is 0 Å². The number of nitrogens with one attached hydrogen (secondary N) is 2. The van der Waals surface area contributed by atoms with Crippen molar-refractivity contribution in [2.24, 2.45) is 0 Å². The Morgan fingerprint density at radius 2 is 1.67 bits per heavy atom. The minimum absolute atomic E-state index is 0.213. The van der Waals surface area contributed by atoms with Crippen LogP contribution in [0.2, 0.25) is 10.0 Å². The Morgan fingerprint density at radius 1 is 0.952 bits per heavy atom. The van der Waals surface area contributed by atoms with Gasteiger partial charge in [-0.25, -0.2) is 0 Å². The summed E-state index contributed by atoms with van der Waals surface area (Å²) < 4.78 is 0. The molecule has 0 aliphatic rings. The van der Waals surface area contributed by atoms with E-state index in [1.165, 1.54) is 12.1 Å². The van der Waals surface area contributed by atoms with Gasteiger partial charge in [0, 0.05) is 10.6 Å². The van der Waals surface area contributed by atoms with Crippen molar-refractivity contribution in [1.82, 2.24) is 10.9 Å². The van der Waals surface area contributed by atoms with E-state index >= 15 is 0 Å². The van der Waals surface area contributed by atoms with Gasteiger partial charge in [0.2, 0.25) is 0 Å². The second-order valence-electron chi connectivity index (χ2n) is 4.40. The fourth-order valence-corrected chi connectivity index (χ4v) is 2.21. The zero-order valence-corrected chi connectivity index (χ0v) is 12.6. The summed E-state index contributed by atoms with van der Waals surface area (Å²) in [6.07, 6.45) is 0. The van der Waals surface area contributed by atoms with Crippen LogP contribution >= 0.6 is 23.2 Å². The van der Waals surface area contributed by atoms with Crippen LogP contribution in [0.3, 0.4) is 0 Å². The van der Waals surface area contributed by atoms with Crippen molar-refractivity contribution in [2.75, 3.05) is 0 Å². The van der Waals surface area contributed by atoms with Crippen molar-refractivity contribution in [3.8, 4) is 0 Å². The van der Waals surface area contributed by atoms with Gasteiger partial charge >= 0.3 is 0 Å². The highest BCUT2D eigenvalue weighted by Crippen LogP contribution is 2.20. The van der Waals surface area contributed by atoms with Gasteiger partial charge in [-0.05, 0) is 37.3 Å². The molecule has 0 aliphatic heterocycles. The van der Waals surface area contributed by atoms with Gasteiger partial charge in [-0.3, -0.25) is 20.4 Å². The predicted molar refractivity (Wildman–Crippen MR) is 82.6 cm³/mol. The molecule has 6 heteroatoms. The first kappa shape index (κ1) is 15.4. The van der Waals surface area contributed by atoms with E-state index in [-0.39, 0.29) is 10.6 Å². The summed E-state index contributed by atoms with van der Waals surface area (Å²) in [6.45, 7) is 1.88. The highest BCUT2D eigenvalue weighted by molar-refractivity contribution is 6.36. The molecule has 0 atom stereocenters. The molecule has 2 N–H and O–H groups in total. The standard InChI is InChI=1S/C15H12Cl2N2O2/c1-9-3-2-4-10(7-9)14(20)18-19-15(21)12-6-5-11(16)8-13(12)17/h2-8H,1H3,(H,18,20)(H,19,21). The van der Waals surface area contributed by atoms with Crippen molar-refractivity contribution in [2.45, 2.75) is 6.92 Å². The number of hydrogen-bond donors (Lipinski definition) is 2. The van der Waals surface area contributed by atoms with E-state index in [1.807, 2.05) is 13.0 Å². The maximum absolute atomic E-state index is 11.9. The second kappa shape index (κ2) is 6.61. The lowest BCUT2D eigenvalue weighted by Gasteiger charge is -2.09. The van der Waals surface area contributed by atoms with Gasteiger partial charge in [0.25, 0.3) is 11.8 Å². The molecule has 0 aliphatic carbocycles. The van der Waals surface area contributed by atoms with Crippen LogP contribution in [-0.4, -0.2) is 11.8 Å². The first-order valence-corrected chi connectivity index (χ1v) is 6.85. The predicted octanol–water partition coefficient (Wildman–Crippen LogP) is 3.38.